The molecule has 0 heterocycles. The van der Waals surface area contributed by atoms with E-state index in [1.165, 1.54) is 120 Å². The van der Waals surface area contributed by atoms with Gasteiger partial charge in [0.25, 0.3) is 0 Å². The van der Waals surface area contributed by atoms with E-state index in [1.54, 1.807) is 0 Å². The second-order valence-electron chi connectivity index (χ2n) is 8.25. The molecule has 0 atom stereocenters. The van der Waals surface area contributed by atoms with Crippen molar-refractivity contribution >= 4 is 33.8 Å². The largest absolute Gasteiger partial charge is 0.481 e. The van der Waals surface area contributed by atoms with Gasteiger partial charge >= 0.3 is 11.9 Å². The molecule has 0 rings (SSSR count). The molecule has 6 heteroatoms. The number of aliphatic carboxylic acids is 1. The van der Waals surface area contributed by atoms with Crippen molar-refractivity contribution in [2.45, 2.75) is 135 Å². The van der Waals surface area contributed by atoms with Crippen molar-refractivity contribution in [3.05, 3.63) is 0 Å². The van der Waals surface area contributed by atoms with Crippen LogP contribution >= 0.6 is 21.9 Å². The Labute approximate surface area is 193 Å². The van der Waals surface area contributed by atoms with Crippen LogP contribution in [0.2, 0.25) is 0 Å². The van der Waals surface area contributed by atoms with Gasteiger partial charge in [-0.05, 0) is 6.42 Å². The Kier molecular flexibility index (Phi) is 24.6. The molecular weight excluding hydrogens is 416 g/mol. The summed E-state index contributed by atoms with van der Waals surface area (Å²) >= 11 is 1.08. The molecule has 1 N–H and O–H groups in total. The SMILES string of the molecule is CCCCCCCCCCCCCCCCCCCCSSOC(=O)CCC(=O)O. The molecule has 0 saturated heterocycles. The molecule has 0 amide bonds. The highest BCUT2D eigenvalue weighted by molar-refractivity contribution is 8.75. The maximum atomic E-state index is 11.2. The van der Waals surface area contributed by atoms with Crippen molar-refractivity contribution in [3.8, 4) is 0 Å². The zero-order valence-corrected chi connectivity index (χ0v) is 21.0. The lowest BCUT2D eigenvalue weighted by atomic mass is 10.0. The molecule has 0 aromatic rings. The summed E-state index contributed by atoms with van der Waals surface area (Å²) in [6, 6.07) is 0. The van der Waals surface area contributed by atoms with E-state index in [1.807, 2.05) is 0 Å². The molecule has 0 unspecified atom stereocenters. The zero-order valence-electron chi connectivity index (χ0n) is 19.3. The Bertz CT molecular complexity index is 391. The van der Waals surface area contributed by atoms with Crippen molar-refractivity contribution in [1.29, 1.82) is 0 Å². The second kappa shape index (κ2) is 24.9. The molecule has 0 saturated carbocycles. The minimum atomic E-state index is -0.969. The minimum Gasteiger partial charge on any atom is -0.481 e. The van der Waals surface area contributed by atoms with Crippen LogP contribution in [0, 0.1) is 0 Å². The number of carboxylic acid groups (broad SMARTS) is 1. The van der Waals surface area contributed by atoms with E-state index >= 15 is 0 Å². The van der Waals surface area contributed by atoms with Crippen molar-refractivity contribution in [3.63, 3.8) is 0 Å². The fourth-order valence-corrected chi connectivity index (χ4v) is 4.94. The van der Waals surface area contributed by atoms with Crippen LogP contribution in [0.3, 0.4) is 0 Å². The Morgan fingerprint density at radius 2 is 1.03 bits per heavy atom. The minimum absolute atomic E-state index is 0.0535. The molecule has 0 aromatic carbocycles. The highest BCUT2D eigenvalue weighted by Gasteiger charge is 2.07. The van der Waals surface area contributed by atoms with Crippen LogP contribution in [0.25, 0.3) is 0 Å². The van der Waals surface area contributed by atoms with Crippen LogP contribution in [0.15, 0.2) is 0 Å². The number of carboxylic acids is 1. The number of hydrogen-bond acceptors (Lipinski definition) is 5. The predicted molar refractivity (Wildman–Crippen MR) is 132 cm³/mol. The number of unbranched alkanes of at least 4 members (excludes halogenated alkanes) is 17. The summed E-state index contributed by atoms with van der Waals surface area (Å²) in [4.78, 5) is 21.6. The van der Waals surface area contributed by atoms with Gasteiger partial charge in [0.2, 0.25) is 0 Å². The fraction of sp³-hybridized carbons (Fsp3) is 0.917. The lowest BCUT2D eigenvalue weighted by Gasteiger charge is -2.04. The number of rotatable bonds is 24. The summed E-state index contributed by atoms with van der Waals surface area (Å²) < 4.78 is 4.91. The van der Waals surface area contributed by atoms with Crippen molar-refractivity contribution in [1.82, 2.24) is 0 Å². The Balaban J connectivity index is 3.08. The van der Waals surface area contributed by atoms with E-state index in [0.717, 1.165) is 23.2 Å². The van der Waals surface area contributed by atoms with Gasteiger partial charge in [0.05, 0.1) is 12.8 Å². The third-order valence-electron chi connectivity index (χ3n) is 5.30. The van der Waals surface area contributed by atoms with Gasteiger partial charge in [-0.3, -0.25) is 9.59 Å². The Hall–Kier alpha value is -0.360. The Morgan fingerprint density at radius 3 is 1.43 bits per heavy atom. The number of hydrogen-bond donors (Lipinski definition) is 1. The highest BCUT2D eigenvalue weighted by atomic mass is 33.1. The third kappa shape index (κ3) is 25.7. The van der Waals surface area contributed by atoms with E-state index in [0.29, 0.717) is 0 Å². The quantitative estimate of drug-likeness (QED) is 0.0878. The van der Waals surface area contributed by atoms with Gasteiger partial charge in [-0.25, -0.2) is 0 Å². The number of carbonyl (C=O) groups excluding carboxylic acids is 1. The third-order valence-corrected chi connectivity index (χ3v) is 7.10. The standard InChI is InChI=1S/C24H46O4S2/c1-2-3-4-5-6-7-8-9-10-11-12-13-14-15-16-17-18-19-22-29-30-28-24(27)21-20-23(25)26/h2-22H2,1H3,(H,25,26). The molecule has 0 fully saturated rings. The van der Waals surface area contributed by atoms with E-state index in [2.05, 4.69) is 6.92 Å². The maximum absolute atomic E-state index is 11.2. The van der Waals surface area contributed by atoms with Gasteiger partial charge < -0.3 is 9.29 Å². The molecule has 0 spiro atoms. The van der Waals surface area contributed by atoms with Gasteiger partial charge in [-0.1, -0.05) is 127 Å². The molecule has 0 aliphatic heterocycles. The smallest absolute Gasteiger partial charge is 0.319 e. The van der Waals surface area contributed by atoms with Crippen molar-refractivity contribution in [2.24, 2.45) is 0 Å². The maximum Gasteiger partial charge on any atom is 0.319 e. The first-order valence-corrected chi connectivity index (χ1v) is 14.6. The van der Waals surface area contributed by atoms with Crippen LogP contribution in [-0.2, 0) is 13.8 Å². The summed E-state index contributed by atoms with van der Waals surface area (Å²) in [7, 11) is 1.53. The molecule has 30 heavy (non-hydrogen) atoms. The van der Waals surface area contributed by atoms with Crippen molar-refractivity contribution in [2.75, 3.05) is 5.75 Å². The first-order chi connectivity index (χ1) is 14.7. The topological polar surface area (TPSA) is 63.6 Å². The molecule has 0 aliphatic rings. The molecule has 4 nitrogen and oxygen atoms in total. The van der Waals surface area contributed by atoms with E-state index in [-0.39, 0.29) is 12.8 Å². The Morgan fingerprint density at radius 1 is 0.633 bits per heavy atom. The first kappa shape index (κ1) is 29.6. The molecule has 0 bridgehead atoms. The van der Waals surface area contributed by atoms with E-state index in [9.17, 15) is 9.59 Å². The molecule has 178 valence electrons. The van der Waals surface area contributed by atoms with Crippen LogP contribution < -0.4 is 0 Å². The molecule has 0 aromatic heterocycles. The molecule has 0 radical (unpaired) electrons. The van der Waals surface area contributed by atoms with Crippen LogP contribution in [0.4, 0.5) is 0 Å². The van der Waals surface area contributed by atoms with Gasteiger partial charge in [0.1, 0.15) is 11.1 Å². The zero-order chi connectivity index (χ0) is 22.1. The van der Waals surface area contributed by atoms with Crippen LogP contribution in [-0.4, -0.2) is 22.8 Å². The van der Waals surface area contributed by atoms with Gasteiger partial charge in [-0.2, -0.15) is 0 Å². The summed E-state index contributed by atoms with van der Waals surface area (Å²) in [6.45, 7) is 2.28. The summed E-state index contributed by atoms with van der Waals surface area (Å²) in [5, 5.41) is 8.49. The predicted octanol–water partition coefficient (Wildman–Crippen LogP) is 8.73. The first-order valence-electron chi connectivity index (χ1n) is 12.4. The van der Waals surface area contributed by atoms with E-state index in [4.69, 9.17) is 9.29 Å². The highest BCUT2D eigenvalue weighted by Crippen LogP contribution is 2.25. The lowest BCUT2D eigenvalue weighted by molar-refractivity contribution is -0.141. The van der Waals surface area contributed by atoms with Crippen molar-refractivity contribution < 1.29 is 18.9 Å². The van der Waals surface area contributed by atoms with Gasteiger partial charge in [0.15, 0.2) is 0 Å². The number of carbonyl (C=O) groups is 2. The van der Waals surface area contributed by atoms with Gasteiger partial charge in [-0.15, -0.1) is 0 Å². The van der Waals surface area contributed by atoms with E-state index < -0.39 is 11.9 Å². The molecule has 0 aliphatic carbocycles. The average molecular weight is 463 g/mol. The summed E-state index contributed by atoms with van der Waals surface area (Å²) in [5.41, 5.74) is 0. The summed E-state index contributed by atoms with van der Waals surface area (Å²) in [5.74, 6) is -0.452. The molecular formula is C24H46O4S2. The normalized spacial score (nSPS) is 11.0. The second-order valence-corrected chi connectivity index (χ2v) is 10.3. The van der Waals surface area contributed by atoms with Crippen LogP contribution in [0.1, 0.15) is 135 Å². The fourth-order valence-electron chi connectivity index (χ4n) is 3.41. The van der Waals surface area contributed by atoms with Crippen LogP contribution in [0.5, 0.6) is 0 Å². The lowest BCUT2D eigenvalue weighted by Crippen LogP contribution is -2.03. The van der Waals surface area contributed by atoms with Gasteiger partial charge in [0, 0.05) is 5.75 Å². The monoisotopic (exact) mass is 462 g/mol. The summed E-state index contributed by atoms with van der Waals surface area (Å²) in [6.07, 6.45) is 24.6. The average Bonchev–Trinajstić information content (AvgIpc) is 2.73.